The molecule has 0 atom stereocenters. The second kappa shape index (κ2) is 88.4. The lowest BCUT2D eigenvalue weighted by Gasteiger charge is -2.25. The highest BCUT2D eigenvalue weighted by molar-refractivity contribution is 5.85. The van der Waals surface area contributed by atoms with E-state index in [-0.39, 0.29) is 0 Å². The quantitative estimate of drug-likeness (QED) is 0.0596. The van der Waals surface area contributed by atoms with Crippen LogP contribution in [0, 0.1) is 41.5 Å². The highest BCUT2D eigenvalue weighted by Gasteiger charge is 2.17. The fourth-order valence-corrected chi connectivity index (χ4v) is 14.2. The number of para-hydroxylation sites is 3. The molecule has 0 aliphatic heterocycles. The van der Waals surface area contributed by atoms with E-state index in [0.717, 1.165) is 78.5 Å². The van der Waals surface area contributed by atoms with Crippen LogP contribution in [0.25, 0.3) is 66.8 Å². The number of benzene rings is 12. The summed E-state index contributed by atoms with van der Waals surface area (Å²) in [5, 5.41) is 0. The summed E-state index contributed by atoms with van der Waals surface area (Å²) in [5.41, 5.74) is 31.7. The molecule has 0 N–H and O–H groups in total. The van der Waals surface area contributed by atoms with Gasteiger partial charge in [-0.15, -0.1) is 0 Å². The molecule has 0 heterocycles. The van der Waals surface area contributed by atoms with Crippen molar-refractivity contribution >= 4 is 34.1 Å². The maximum absolute atomic E-state index is 2.41. The number of rotatable bonds is 24. The highest BCUT2D eigenvalue weighted by atomic mass is 15.1. The number of hydrogen-bond donors (Lipinski definition) is 0. The molecule has 6 heteroatoms. The second-order valence-corrected chi connectivity index (χ2v) is 27.2. The molecule has 0 aliphatic rings. The van der Waals surface area contributed by atoms with Gasteiger partial charge in [0.2, 0.25) is 0 Å². The Balaban J connectivity index is -0.000000344. The van der Waals surface area contributed by atoms with Gasteiger partial charge in [0, 0.05) is 146 Å². The molecule has 732 valence electrons. The predicted molar refractivity (Wildman–Crippen MR) is 617 cm³/mol. The second-order valence-electron chi connectivity index (χ2n) is 27.2. The molecule has 0 unspecified atom stereocenters. The molecule has 0 spiro atoms. The summed E-state index contributed by atoms with van der Waals surface area (Å²) in [7, 11) is 0. The Kier molecular flexibility index (Phi) is 88.5. The van der Waals surface area contributed by atoms with Crippen molar-refractivity contribution in [1.82, 2.24) is 0 Å². The van der Waals surface area contributed by atoms with Crippen LogP contribution >= 0.6 is 0 Å². The van der Waals surface area contributed by atoms with Crippen LogP contribution in [-0.2, 0) is 0 Å². The molecule has 6 nitrogen and oxygen atoms in total. The number of anilines is 6. The third-order valence-corrected chi connectivity index (χ3v) is 20.3. The third kappa shape index (κ3) is 46.7. The van der Waals surface area contributed by atoms with Gasteiger partial charge in [-0.05, 0) is 217 Å². The molecule has 0 bridgehead atoms. The summed E-state index contributed by atoms with van der Waals surface area (Å²) in [4.78, 5) is 14.4. The van der Waals surface area contributed by atoms with Gasteiger partial charge in [-0.1, -0.05) is 432 Å². The zero-order chi connectivity index (χ0) is 102. The molecule has 0 fully saturated rings. The van der Waals surface area contributed by atoms with Crippen molar-refractivity contribution in [3.05, 3.63) is 325 Å². The fraction of sp³-hybridized carbons (Fsp3) is 0.429. The van der Waals surface area contributed by atoms with E-state index >= 15 is 0 Å². The van der Waals surface area contributed by atoms with Crippen molar-refractivity contribution in [3.8, 4) is 66.8 Å². The van der Waals surface area contributed by atoms with Crippen LogP contribution < -0.4 is 29.4 Å². The standard InChI is InChI=1S/6C17H21N.12C2H6/c1-4-18(5-2)17-12-7-6-11-16(17)15-10-8-9-14(3)13-15;1-4-18(5-2)17-13-9-8-12-16(17)15-11-7-6-10-14(15)3;1-4-18(5-2)16-13-9-10-14(3)17(16)15-11-7-6-8-12-15;1-4-18(5-2)17-9-7-6-8-16(17)15-12-10-14(3)11-13-15;1-4-18(5-2)17-12-11-14(3)13-16(17)15-9-7-6-8-10-15;1-4-18(5-2)17-13-14(3)11-12-16(17)15-9-7-6-8-10-15;12*1-2/h6*6-13H,4-5H2,1-3H3;12*1-2H3. The highest BCUT2D eigenvalue weighted by Crippen LogP contribution is 2.38. The first-order chi connectivity index (χ1) is 64.6. The molecule has 0 saturated carbocycles. The van der Waals surface area contributed by atoms with Gasteiger partial charge in [0.1, 0.15) is 0 Å². The third-order valence-electron chi connectivity index (χ3n) is 20.3. The van der Waals surface area contributed by atoms with Crippen LogP contribution in [0.2, 0.25) is 0 Å². The van der Waals surface area contributed by atoms with Gasteiger partial charge in [0.15, 0.2) is 0 Å². The van der Waals surface area contributed by atoms with Gasteiger partial charge >= 0.3 is 0 Å². The summed E-state index contributed by atoms with van der Waals surface area (Å²) in [6.07, 6.45) is 0. The largest absolute Gasteiger partial charge is 0.372 e. The van der Waals surface area contributed by atoms with Gasteiger partial charge in [-0.3, -0.25) is 0 Å². The predicted octanol–water partition coefficient (Wildman–Crippen LogP) is 39.4. The monoisotopic (exact) mass is 1800 g/mol. The van der Waals surface area contributed by atoms with Gasteiger partial charge < -0.3 is 29.4 Å². The summed E-state index contributed by atoms with van der Waals surface area (Å²) in [5.74, 6) is 0. The van der Waals surface area contributed by atoms with E-state index in [1.54, 1.807) is 0 Å². The van der Waals surface area contributed by atoms with Crippen molar-refractivity contribution < 1.29 is 0 Å². The van der Waals surface area contributed by atoms with Crippen LogP contribution in [0.3, 0.4) is 0 Å². The minimum atomic E-state index is 1.04. The van der Waals surface area contributed by atoms with Crippen molar-refractivity contribution in [2.24, 2.45) is 0 Å². The van der Waals surface area contributed by atoms with Crippen molar-refractivity contribution in [2.45, 2.75) is 291 Å². The zero-order valence-corrected chi connectivity index (χ0v) is 92.9. The minimum Gasteiger partial charge on any atom is -0.372 e. The van der Waals surface area contributed by atoms with Crippen molar-refractivity contribution in [2.75, 3.05) is 108 Å². The molecule has 132 heavy (non-hydrogen) atoms. The lowest BCUT2D eigenvalue weighted by molar-refractivity contribution is 0.866. The maximum Gasteiger partial charge on any atom is 0.0448 e. The van der Waals surface area contributed by atoms with E-state index < -0.39 is 0 Å². The number of hydrogen-bond acceptors (Lipinski definition) is 6. The van der Waals surface area contributed by atoms with Crippen LogP contribution in [-0.4, -0.2) is 78.5 Å². The molecular formula is C126H198N6. The SMILES string of the molecule is CC.CC.CC.CC.CC.CC.CC.CC.CC.CC.CC.CC.CCN(CC)c1cc(C)ccc1-c1ccccc1.CCN(CC)c1ccc(C)cc1-c1ccccc1.CCN(CC)c1cccc(C)c1-c1ccccc1.CCN(CC)c1ccccc1-c1ccc(C)cc1.CCN(CC)c1ccccc1-c1cccc(C)c1.CCN(CC)c1ccccc1-c1ccccc1C. The Hall–Kier alpha value is -10.6. The van der Waals surface area contributed by atoms with E-state index in [2.05, 4.69) is 445 Å². The molecule has 12 aromatic carbocycles. The Morgan fingerprint density at radius 1 is 0.144 bits per heavy atom. The molecule has 0 saturated heterocycles. The van der Waals surface area contributed by atoms with Gasteiger partial charge in [0.05, 0.1) is 0 Å². The summed E-state index contributed by atoms with van der Waals surface area (Å²) in [6.45, 7) is 99.9. The van der Waals surface area contributed by atoms with Gasteiger partial charge in [0.25, 0.3) is 0 Å². The van der Waals surface area contributed by atoms with Crippen LogP contribution in [0.1, 0.15) is 283 Å². The molecule has 12 aromatic rings. The van der Waals surface area contributed by atoms with Crippen LogP contribution in [0.15, 0.2) is 291 Å². The normalized spacial score (nSPS) is 9.05. The van der Waals surface area contributed by atoms with Gasteiger partial charge in [-0.2, -0.15) is 0 Å². The van der Waals surface area contributed by atoms with Gasteiger partial charge in [-0.25, -0.2) is 0 Å². The fourth-order valence-electron chi connectivity index (χ4n) is 14.2. The average Bonchev–Trinajstić information content (AvgIpc) is 0.832. The van der Waals surface area contributed by atoms with E-state index in [1.165, 1.54) is 134 Å². The molecule has 0 amide bonds. The summed E-state index contributed by atoms with van der Waals surface area (Å²) < 4.78 is 0. The number of nitrogens with zero attached hydrogens (tertiary/aromatic N) is 6. The topological polar surface area (TPSA) is 19.4 Å². The Morgan fingerprint density at radius 3 is 0.773 bits per heavy atom. The number of aryl methyl sites for hydroxylation is 6. The molecule has 12 rings (SSSR count). The Labute approximate surface area is 818 Å². The smallest absolute Gasteiger partial charge is 0.0448 e. The first kappa shape index (κ1) is 132. The van der Waals surface area contributed by atoms with E-state index in [0.29, 0.717) is 0 Å². The van der Waals surface area contributed by atoms with Crippen molar-refractivity contribution in [3.63, 3.8) is 0 Å². The minimum absolute atomic E-state index is 1.04. The molecular weight excluding hydrogens is 1600 g/mol. The lowest BCUT2D eigenvalue weighted by atomic mass is 9.98. The first-order valence-electron chi connectivity index (χ1n) is 52.0. The Bertz CT molecular complexity index is 4510. The first-order valence-corrected chi connectivity index (χ1v) is 52.0. The summed E-state index contributed by atoms with van der Waals surface area (Å²) in [6, 6.07) is 104. The molecule has 0 aromatic heterocycles. The van der Waals surface area contributed by atoms with E-state index in [4.69, 9.17) is 0 Å². The average molecular weight is 1800 g/mol. The van der Waals surface area contributed by atoms with Crippen molar-refractivity contribution in [1.29, 1.82) is 0 Å². The maximum atomic E-state index is 2.41. The summed E-state index contributed by atoms with van der Waals surface area (Å²) >= 11 is 0. The van der Waals surface area contributed by atoms with E-state index in [9.17, 15) is 0 Å². The van der Waals surface area contributed by atoms with Crippen LogP contribution in [0.4, 0.5) is 34.1 Å². The molecule has 0 radical (unpaired) electrons. The molecule has 0 aliphatic carbocycles. The van der Waals surface area contributed by atoms with Crippen LogP contribution in [0.5, 0.6) is 0 Å². The zero-order valence-electron chi connectivity index (χ0n) is 92.9. The lowest BCUT2D eigenvalue weighted by Crippen LogP contribution is -2.22. The van der Waals surface area contributed by atoms with E-state index in [1.807, 2.05) is 166 Å². The Morgan fingerprint density at radius 2 is 0.386 bits per heavy atom.